The van der Waals surface area contributed by atoms with Crippen LogP contribution in [0.4, 0.5) is 0 Å². The number of amides is 1. The minimum Gasteiger partial charge on any atom is -0.497 e. The molecule has 2 heterocycles. The van der Waals surface area contributed by atoms with Gasteiger partial charge in [0, 0.05) is 17.1 Å². The number of halogens is 1. The molecule has 0 saturated carbocycles. The van der Waals surface area contributed by atoms with Crippen molar-refractivity contribution in [3.8, 4) is 17.0 Å². The van der Waals surface area contributed by atoms with E-state index in [1.54, 1.807) is 20.1 Å². The predicted molar refractivity (Wildman–Crippen MR) is 122 cm³/mol. The number of rotatable bonds is 7. The fourth-order valence-corrected chi connectivity index (χ4v) is 3.50. The molecular formula is C23H22ClN5O3. The van der Waals surface area contributed by atoms with Crippen LogP contribution in [0.15, 0.2) is 59.4 Å². The topological polar surface area (TPSA) is 90.5 Å². The number of nitrogens with one attached hydrogen (secondary N) is 1. The van der Waals surface area contributed by atoms with Crippen LogP contribution in [0, 0.1) is 6.92 Å². The van der Waals surface area contributed by atoms with Crippen molar-refractivity contribution in [2.24, 2.45) is 0 Å². The number of aromatic nitrogens is 4. The second-order valence-corrected chi connectivity index (χ2v) is 7.73. The number of hydrogen-bond donors (Lipinski definition) is 1. The van der Waals surface area contributed by atoms with Crippen LogP contribution in [0.1, 0.15) is 11.4 Å². The molecule has 0 fully saturated rings. The molecule has 1 amide bonds. The molecule has 2 aromatic carbocycles. The first kappa shape index (κ1) is 21.6. The second kappa shape index (κ2) is 9.23. The van der Waals surface area contributed by atoms with Crippen molar-refractivity contribution < 1.29 is 9.53 Å². The summed E-state index contributed by atoms with van der Waals surface area (Å²) < 4.78 is 7.85. The van der Waals surface area contributed by atoms with E-state index in [-0.39, 0.29) is 18.0 Å². The standard InChI is InChI=1S/C23H22ClN5O3/c1-15-26-28(14-22(30)25-12-11-16-3-7-18(24)8-4-16)23(31)21-13-20(27-29(15)21)17-5-9-19(32-2)10-6-17/h3-10,13H,11-12,14H2,1-2H3,(H,25,30). The van der Waals surface area contributed by atoms with E-state index in [1.165, 1.54) is 9.20 Å². The van der Waals surface area contributed by atoms with Crippen LogP contribution in [0.25, 0.3) is 16.8 Å². The number of benzene rings is 2. The zero-order valence-electron chi connectivity index (χ0n) is 17.7. The van der Waals surface area contributed by atoms with Gasteiger partial charge in [-0.2, -0.15) is 10.2 Å². The minimum absolute atomic E-state index is 0.167. The molecule has 0 unspecified atom stereocenters. The van der Waals surface area contributed by atoms with E-state index >= 15 is 0 Å². The van der Waals surface area contributed by atoms with E-state index in [4.69, 9.17) is 16.3 Å². The van der Waals surface area contributed by atoms with Crippen molar-refractivity contribution in [1.29, 1.82) is 0 Å². The number of ether oxygens (including phenoxy) is 1. The summed E-state index contributed by atoms with van der Waals surface area (Å²) in [6.45, 7) is 2.02. The van der Waals surface area contributed by atoms with Crippen molar-refractivity contribution in [2.45, 2.75) is 19.9 Å². The van der Waals surface area contributed by atoms with E-state index < -0.39 is 0 Å². The molecule has 0 saturated heterocycles. The van der Waals surface area contributed by atoms with Crippen LogP contribution in [0.3, 0.4) is 0 Å². The van der Waals surface area contributed by atoms with E-state index in [9.17, 15) is 9.59 Å². The molecule has 8 nitrogen and oxygen atoms in total. The lowest BCUT2D eigenvalue weighted by atomic mass is 10.1. The van der Waals surface area contributed by atoms with Crippen molar-refractivity contribution in [3.63, 3.8) is 0 Å². The molecule has 9 heteroatoms. The van der Waals surface area contributed by atoms with Crippen LogP contribution < -0.4 is 15.6 Å². The Labute approximate surface area is 189 Å². The van der Waals surface area contributed by atoms with Crippen molar-refractivity contribution >= 4 is 23.0 Å². The van der Waals surface area contributed by atoms with Crippen molar-refractivity contribution in [3.05, 3.63) is 81.4 Å². The van der Waals surface area contributed by atoms with Crippen LogP contribution in [0.5, 0.6) is 5.75 Å². The smallest absolute Gasteiger partial charge is 0.293 e. The summed E-state index contributed by atoms with van der Waals surface area (Å²) in [7, 11) is 1.60. The number of fused-ring (bicyclic) bond motifs is 1. The largest absolute Gasteiger partial charge is 0.497 e. The lowest BCUT2D eigenvalue weighted by Crippen LogP contribution is -2.35. The van der Waals surface area contributed by atoms with Crippen LogP contribution in [-0.4, -0.2) is 39.0 Å². The zero-order chi connectivity index (χ0) is 22.7. The van der Waals surface area contributed by atoms with Crippen LogP contribution in [0.2, 0.25) is 5.02 Å². The van der Waals surface area contributed by atoms with Crippen LogP contribution >= 0.6 is 11.6 Å². The van der Waals surface area contributed by atoms with Gasteiger partial charge in [0.05, 0.1) is 12.8 Å². The van der Waals surface area contributed by atoms with Gasteiger partial charge in [-0.3, -0.25) is 9.59 Å². The molecule has 1 N–H and O–H groups in total. The maximum Gasteiger partial charge on any atom is 0.293 e. The summed E-state index contributed by atoms with van der Waals surface area (Å²) in [5.41, 5.74) is 2.53. The summed E-state index contributed by atoms with van der Waals surface area (Å²) in [5.74, 6) is 0.959. The van der Waals surface area contributed by atoms with Crippen molar-refractivity contribution in [2.75, 3.05) is 13.7 Å². The Balaban J connectivity index is 1.48. The number of aryl methyl sites for hydroxylation is 1. The van der Waals surface area contributed by atoms with Gasteiger partial charge in [0.1, 0.15) is 23.6 Å². The van der Waals surface area contributed by atoms with Crippen molar-refractivity contribution in [1.82, 2.24) is 24.7 Å². The highest BCUT2D eigenvalue weighted by Gasteiger charge is 2.14. The molecule has 32 heavy (non-hydrogen) atoms. The van der Waals surface area contributed by atoms with Gasteiger partial charge in [0.25, 0.3) is 5.56 Å². The third-order valence-corrected chi connectivity index (χ3v) is 5.32. The lowest BCUT2D eigenvalue weighted by Gasteiger charge is -2.08. The van der Waals surface area contributed by atoms with Gasteiger partial charge in [0.2, 0.25) is 5.91 Å². The maximum absolute atomic E-state index is 12.9. The van der Waals surface area contributed by atoms with Gasteiger partial charge in [-0.25, -0.2) is 9.20 Å². The Morgan fingerprint density at radius 3 is 2.50 bits per heavy atom. The second-order valence-electron chi connectivity index (χ2n) is 7.29. The fraction of sp³-hybridized carbons (Fsp3) is 0.217. The molecule has 0 atom stereocenters. The summed E-state index contributed by atoms with van der Waals surface area (Å²) in [5, 5.41) is 12.3. The average molecular weight is 452 g/mol. The molecule has 164 valence electrons. The first-order valence-electron chi connectivity index (χ1n) is 10.1. The first-order valence-corrected chi connectivity index (χ1v) is 10.5. The number of methoxy groups -OCH3 is 1. The van der Waals surface area contributed by atoms with Gasteiger partial charge in [-0.15, -0.1) is 0 Å². The highest BCUT2D eigenvalue weighted by molar-refractivity contribution is 6.30. The Bertz CT molecular complexity index is 1310. The quantitative estimate of drug-likeness (QED) is 0.466. The predicted octanol–water partition coefficient (Wildman–Crippen LogP) is 2.89. The Morgan fingerprint density at radius 1 is 1.09 bits per heavy atom. The van der Waals surface area contributed by atoms with Gasteiger partial charge in [0.15, 0.2) is 0 Å². The Morgan fingerprint density at radius 2 is 1.81 bits per heavy atom. The molecule has 0 spiro atoms. The van der Waals surface area contributed by atoms with E-state index in [1.807, 2.05) is 48.5 Å². The summed E-state index contributed by atoms with van der Waals surface area (Å²) in [6, 6.07) is 16.6. The molecule has 0 radical (unpaired) electrons. The van der Waals surface area contributed by atoms with E-state index in [0.717, 1.165) is 16.9 Å². The third-order valence-electron chi connectivity index (χ3n) is 5.06. The number of nitrogens with zero attached hydrogens (tertiary/aromatic N) is 4. The molecule has 0 aliphatic carbocycles. The monoisotopic (exact) mass is 451 g/mol. The van der Waals surface area contributed by atoms with Gasteiger partial charge in [-0.1, -0.05) is 23.7 Å². The summed E-state index contributed by atoms with van der Waals surface area (Å²) in [6.07, 6.45) is 0.664. The number of hydrogen-bond acceptors (Lipinski definition) is 5. The minimum atomic E-state index is -0.379. The first-order chi connectivity index (χ1) is 15.4. The number of carbonyl (C=O) groups is 1. The SMILES string of the molecule is COc1ccc(-c2cc3c(=O)n(CC(=O)NCCc4ccc(Cl)cc4)nc(C)n3n2)cc1. The number of carbonyl (C=O) groups excluding carboxylic acids is 1. The lowest BCUT2D eigenvalue weighted by molar-refractivity contribution is -0.121. The van der Waals surface area contributed by atoms with Gasteiger partial charge < -0.3 is 10.1 Å². The fourth-order valence-electron chi connectivity index (χ4n) is 3.37. The molecule has 2 aromatic heterocycles. The zero-order valence-corrected chi connectivity index (χ0v) is 18.5. The van der Waals surface area contributed by atoms with E-state index in [0.29, 0.717) is 35.0 Å². The Kier molecular flexibility index (Phi) is 6.23. The van der Waals surface area contributed by atoms with Crippen LogP contribution in [-0.2, 0) is 17.8 Å². The van der Waals surface area contributed by atoms with Gasteiger partial charge >= 0.3 is 0 Å². The molecule has 4 rings (SSSR count). The summed E-state index contributed by atoms with van der Waals surface area (Å²) >= 11 is 5.88. The molecule has 0 bridgehead atoms. The van der Waals surface area contributed by atoms with Gasteiger partial charge in [-0.05, 0) is 61.4 Å². The summed E-state index contributed by atoms with van der Waals surface area (Å²) in [4.78, 5) is 25.3. The van der Waals surface area contributed by atoms with E-state index in [2.05, 4.69) is 15.5 Å². The molecule has 0 aliphatic heterocycles. The highest BCUT2D eigenvalue weighted by atomic mass is 35.5. The molecular weight excluding hydrogens is 430 g/mol. The highest BCUT2D eigenvalue weighted by Crippen LogP contribution is 2.22. The molecule has 0 aliphatic rings. The average Bonchev–Trinajstić information content (AvgIpc) is 3.25. The maximum atomic E-state index is 12.9. The Hall–Kier alpha value is -3.65. The third kappa shape index (κ3) is 4.65. The normalized spacial score (nSPS) is 11.0. The molecule has 4 aromatic rings.